The van der Waals surface area contributed by atoms with Crippen molar-refractivity contribution in [2.75, 3.05) is 0 Å². The lowest BCUT2D eigenvalue weighted by atomic mass is 9.78. The van der Waals surface area contributed by atoms with Crippen LogP contribution in [0.1, 0.15) is 106 Å². The van der Waals surface area contributed by atoms with Gasteiger partial charge in [0, 0.05) is 6.42 Å². The second kappa shape index (κ2) is 13.9. The Morgan fingerprint density at radius 1 is 0.561 bits per heavy atom. The van der Waals surface area contributed by atoms with Gasteiger partial charge in [-0.05, 0) is 76.0 Å². The topological polar surface area (TPSA) is 40.5 Å². The van der Waals surface area contributed by atoms with Crippen molar-refractivity contribution in [2.45, 2.75) is 98.3 Å². The molecule has 4 aromatic carbocycles. The largest absolute Gasteiger partial charge is 0.507 e. The first-order chi connectivity index (χ1) is 19.3. The molecule has 0 bridgehead atoms. The van der Waals surface area contributed by atoms with E-state index in [1.165, 1.54) is 22.3 Å². The molecule has 0 heterocycles. The van der Waals surface area contributed by atoms with Crippen molar-refractivity contribution >= 4 is 0 Å². The number of phenols is 2. The van der Waals surface area contributed by atoms with E-state index < -0.39 is 0 Å². The molecule has 0 aliphatic heterocycles. The molecule has 2 N–H and O–H groups in total. The first-order valence-electron chi connectivity index (χ1n) is 15.1. The van der Waals surface area contributed by atoms with Gasteiger partial charge in [-0.3, -0.25) is 0 Å². The van der Waals surface area contributed by atoms with E-state index in [1.54, 1.807) is 0 Å². The summed E-state index contributed by atoms with van der Waals surface area (Å²) in [5.41, 5.74) is 9.08. The first-order valence-corrected chi connectivity index (χ1v) is 15.1. The molecule has 0 aromatic heterocycles. The molecule has 0 atom stereocenters. The van der Waals surface area contributed by atoms with Crippen LogP contribution in [0.2, 0.25) is 0 Å². The molecular weight excluding hydrogens is 500 g/mol. The van der Waals surface area contributed by atoms with Crippen LogP contribution in [0, 0.1) is 6.92 Å². The average molecular weight is 551 g/mol. The van der Waals surface area contributed by atoms with Crippen molar-refractivity contribution in [1.29, 1.82) is 0 Å². The number of rotatable bonds is 7. The normalized spacial score (nSPS) is 11.6. The summed E-state index contributed by atoms with van der Waals surface area (Å²) in [6, 6.07) is 29.3. The van der Waals surface area contributed by atoms with Crippen LogP contribution >= 0.6 is 0 Å². The van der Waals surface area contributed by atoms with E-state index in [2.05, 4.69) is 116 Å². The molecule has 0 fully saturated rings. The Bertz CT molecular complexity index is 1350. The molecule has 0 aliphatic rings. The highest BCUT2D eigenvalue weighted by molar-refractivity contribution is 5.51. The molecule has 0 radical (unpaired) electrons. The van der Waals surface area contributed by atoms with Crippen LogP contribution in [-0.2, 0) is 30.1 Å². The minimum absolute atomic E-state index is 0.0726. The Balaban J connectivity index is 0.000000228. The van der Waals surface area contributed by atoms with Gasteiger partial charge in [0.1, 0.15) is 11.5 Å². The summed E-state index contributed by atoms with van der Waals surface area (Å²) in [5, 5.41) is 21.2. The van der Waals surface area contributed by atoms with Gasteiger partial charge in [0.25, 0.3) is 0 Å². The lowest BCUT2D eigenvalue weighted by Gasteiger charge is -2.28. The average Bonchev–Trinajstić information content (AvgIpc) is 2.91. The fraction of sp³-hybridized carbons (Fsp3) is 0.385. The Hall–Kier alpha value is -3.52. The Labute approximate surface area is 249 Å². The van der Waals surface area contributed by atoms with E-state index in [0.717, 1.165) is 54.4 Å². The molecule has 0 saturated heterocycles. The quantitative estimate of drug-likeness (QED) is 0.240. The summed E-state index contributed by atoms with van der Waals surface area (Å²) in [4.78, 5) is 0. The van der Waals surface area contributed by atoms with E-state index >= 15 is 0 Å². The number of hydrogen-bond donors (Lipinski definition) is 2. The summed E-state index contributed by atoms with van der Waals surface area (Å²) in [5.74, 6) is 0.944. The maximum absolute atomic E-state index is 10.8. The zero-order chi connectivity index (χ0) is 30.2. The Morgan fingerprint density at radius 2 is 1.02 bits per heavy atom. The molecule has 2 nitrogen and oxygen atoms in total. The van der Waals surface area contributed by atoms with Crippen molar-refractivity contribution in [3.05, 3.63) is 129 Å². The standard InChI is InChI=1S/C21H28O.C18H22O/c1-20(2,3)17-13-16(12-15-10-8-7-9-11-15)14-18(19(17)22)21(4,5)6;1-3-4-10-16-11-14(2)12-17(18(16)19)13-15-8-6-5-7-9-15/h7-11,13-14,22H,12H2,1-6H3;5-9,11-12,19H,3-4,10,13H2,1-2H3. The molecule has 0 amide bonds. The van der Waals surface area contributed by atoms with Crippen LogP contribution in [0.5, 0.6) is 11.5 Å². The minimum Gasteiger partial charge on any atom is -0.507 e. The molecule has 4 aromatic rings. The van der Waals surface area contributed by atoms with Crippen LogP contribution < -0.4 is 0 Å². The van der Waals surface area contributed by atoms with Gasteiger partial charge in [-0.15, -0.1) is 0 Å². The zero-order valence-corrected chi connectivity index (χ0v) is 26.5. The number of hydrogen-bond acceptors (Lipinski definition) is 2. The molecule has 2 heteroatoms. The third kappa shape index (κ3) is 9.25. The lowest BCUT2D eigenvalue weighted by Crippen LogP contribution is -2.18. The van der Waals surface area contributed by atoms with Crippen LogP contribution in [0.15, 0.2) is 84.9 Å². The highest BCUT2D eigenvalue weighted by atomic mass is 16.3. The Morgan fingerprint density at radius 3 is 1.49 bits per heavy atom. The second-order valence-electron chi connectivity index (χ2n) is 13.4. The minimum atomic E-state index is -0.0726. The van der Waals surface area contributed by atoms with E-state index in [0.29, 0.717) is 11.5 Å². The molecule has 218 valence electrons. The third-order valence-electron chi connectivity index (χ3n) is 7.49. The maximum atomic E-state index is 10.8. The number of benzene rings is 4. The van der Waals surface area contributed by atoms with Crippen molar-refractivity contribution in [1.82, 2.24) is 0 Å². The predicted molar refractivity (Wildman–Crippen MR) is 175 cm³/mol. The van der Waals surface area contributed by atoms with Gasteiger partial charge >= 0.3 is 0 Å². The van der Waals surface area contributed by atoms with Crippen molar-refractivity contribution in [2.24, 2.45) is 0 Å². The molecule has 0 unspecified atom stereocenters. The molecule has 41 heavy (non-hydrogen) atoms. The first kappa shape index (κ1) is 32.0. The van der Waals surface area contributed by atoms with Crippen LogP contribution in [0.3, 0.4) is 0 Å². The maximum Gasteiger partial charge on any atom is 0.123 e. The van der Waals surface area contributed by atoms with Gasteiger partial charge in [0.2, 0.25) is 0 Å². The summed E-state index contributed by atoms with van der Waals surface area (Å²) >= 11 is 0. The predicted octanol–water partition coefficient (Wildman–Crippen LogP) is 10.2. The van der Waals surface area contributed by atoms with Crippen molar-refractivity contribution in [3.8, 4) is 11.5 Å². The fourth-order valence-electron chi connectivity index (χ4n) is 5.21. The van der Waals surface area contributed by atoms with Gasteiger partial charge < -0.3 is 10.2 Å². The Kier molecular flexibility index (Phi) is 10.8. The number of aryl methyl sites for hydroxylation is 2. The number of aromatic hydroxyl groups is 2. The van der Waals surface area contributed by atoms with Crippen LogP contribution in [-0.4, -0.2) is 10.2 Å². The zero-order valence-electron chi connectivity index (χ0n) is 26.5. The highest BCUT2D eigenvalue weighted by Crippen LogP contribution is 2.40. The summed E-state index contributed by atoms with van der Waals surface area (Å²) < 4.78 is 0. The summed E-state index contributed by atoms with van der Waals surface area (Å²) in [7, 11) is 0. The highest BCUT2D eigenvalue weighted by Gasteiger charge is 2.26. The van der Waals surface area contributed by atoms with Crippen LogP contribution in [0.4, 0.5) is 0 Å². The monoisotopic (exact) mass is 550 g/mol. The van der Waals surface area contributed by atoms with Crippen molar-refractivity contribution in [3.63, 3.8) is 0 Å². The molecule has 0 aliphatic carbocycles. The fourth-order valence-corrected chi connectivity index (χ4v) is 5.21. The van der Waals surface area contributed by atoms with E-state index in [4.69, 9.17) is 0 Å². The van der Waals surface area contributed by atoms with Gasteiger partial charge in [-0.1, -0.05) is 145 Å². The number of unbranched alkanes of at least 4 members (excludes halogenated alkanes) is 1. The number of phenolic OH excluding ortho intramolecular Hbond substituents is 2. The van der Waals surface area contributed by atoms with Gasteiger partial charge in [0.15, 0.2) is 0 Å². The molecule has 0 spiro atoms. The van der Waals surface area contributed by atoms with E-state index in [-0.39, 0.29) is 10.8 Å². The van der Waals surface area contributed by atoms with Gasteiger partial charge in [0.05, 0.1) is 0 Å². The van der Waals surface area contributed by atoms with Gasteiger partial charge in [-0.25, -0.2) is 0 Å². The second-order valence-corrected chi connectivity index (χ2v) is 13.4. The van der Waals surface area contributed by atoms with Crippen molar-refractivity contribution < 1.29 is 10.2 Å². The lowest BCUT2D eigenvalue weighted by molar-refractivity contribution is 0.423. The SMILES string of the molecule is CC(C)(C)c1cc(Cc2ccccc2)cc(C(C)(C)C)c1O.CCCCc1cc(C)cc(Cc2ccccc2)c1O. The van der Waals surface area contributed by atoms with E-state index in [9.17, 15) is 10.2 Å². The van der Waals surface area contributed by atoms with E-state index in [1.807, 2.05) is 24.3 Å². The molecule has 4 rings (SSSR count). The molecule has 0 saturated carbocycles. The summed E-state index contributed by atoms with van der Waals surface area (Å²) in [6.45, 7) is 17.2. The molecular formula is C39H50O2. The third-order valence-corrected chi connectivity index (χ3v) is 7.49. The van der Waals surface area contributed by atoms with Gasteiger partial charge in [-0.2, -0.15) is 0 Å². The van der Waals surface area contributed by atoms with Crippen LogP contribution in [0.25, 0.3) is 0 Å². The summed E-state index contributed by atoms with van der Waals surface area (Å²) in [6.07, 6.45) is 4.94. The smallest absolute Gasteiger partial charge is 0.123 e.